The van der Waals surface area contributed by atoms with E-state index in [4.69, 9.17) is 17.0 Å². The van der Waals surface area contributed by atoms with Crippen LogP contribution in [0.25, 0.3) is 17.5 Å². The predicted octanol–water partition coefficient (Wildman–Crippen LogP) is 4.55. The van der Waals surface area contributed by atoms with Crippen molar-refractivity contribution in [2.75, 3.05) is 7.11 Å². The molecule has 1 aromatic heterocycles. The molecular weight excluding hydrogens is 332 g/mol. The number of H-pyrrole nitrogens is 1. The zero-order chi connectivity index (χ0) is 17.6. The third-order valence-corrected chi connectivity index (χ3v) is 3.83. The summed E-state index contributed by atoms with van der Waals surface area (Å²) < 4.78 is 7.23. The molecule has 0 bridgehead atoms. The molecule has 5 nitrogen and oxygen atoms in total. The Hall–Kier alpha value is -2.99. The lowest BCUT2D eigenvalue weighted by atomic mass is 10.1. The van der Waals surface area contributed by atoms with Crippen LogP contribution in [0, 0.1) is 4.77 Å². The van der Waals surface area contributed by atoms with Crippen LogP contribution in [0.4, 0.5) is 0 Å². The van der Waals surface area contributed by atoms with Gasteiger partial charge in [-0.1, -0.05) is 36.4 Å². The quantitative estimate of drug-likeness (QED) is 0.542. The Bertz CT molecular complexity index is 953. The number of methoxy groups -OCH3 is 1. The SMILES string of the molecule is COc1ccc(-c2n[nH]c(=S)n2/N=C/C(C)=Cc2ccccc2)cc1. The van der Waals surface area contributed by atoms with E-state index in [0.717, 1.165) is 22.4 Å². The van der Waals surface area contributed by atoms with Crippen molar-refractivity contribution in [1.29, 1.82) is 0 Å². The number of hydrogen-bond acceptors (Lipinski definition) is 4. The van der Waals surface area contributed by atoms with E-state index in [1.54, 1.807) is 18.0 Å². The van der Waals surface area contributed by atoms with Crippen LogP contribution in [0.3, 0.4) is 0 Å². The van der Waals surface area contributed by atoms with Gasteiger partial charge in [0.15, 0.2) is 5.82 Å². The van der Waals surface area contributed by atoms with E-state index >= 15 is 0 Å². The number of nitrogens with one attached hydrogen (secondary N) is 1. The van der Waals surface area contributed by atoms with Gasteiger partial charge in [0.25, 0.3) is 0 Å². The van der Waals surface area contributed by atoms with Crippen LogP contribution in [0.15, 0.2) is 65.3 Å². The molecule has 0 unspecified atom stereocenters. The fourth-order valence-corrected chi connectivity index (χ4v) is 2.50. The van der Waals surface area contributed by atoms with Crippen LogP contribution in [0.1, 0.15) is 12.5 Å². The molecule has 1 heterocycles. The highest BCUT2D eigenvalue weighted by Crippen LogP contribution is 2.20. The van der Waals surface area contributed by atoms with Gasteiger partial charge in [0.05, 0.1) is 13.3 Å². The normalized spacial score (nSPS) is 11.8. The Morgan fingerprint density at radius 3 is 2.56 bits per heavy atom. The van der Waals surface area contributed by atoms with Gasteiger partial charge in [-0.3, -0.25) is 0 Å². The van der Waals surface area contributed by atoms with E-state index in [1.807, 2.05) is 61.5 Å². The maximum Gasteiger partial charge on any atom is 0.216 e. The molecule has 0 fully saturated rings. The minimum atomic E-state index is 0.439. The smallest absolute Gasteiger partial charge is 0.216 e. The van der Waals surface area contributed by atoms with E-state index in [-0.39, 0.29) is 0 Å². The number of allylic oxidation sites excluding steroid dienone is 1. The summed E-state index contributed by atoms with van der Waals surface area (Å²) in [4.78, 5) is 0. The first-order chi connectivity index (χ1) is 12.2. The Kier molecular flexibility index (Phi) is 5.20. The summed E-state index contributed by atoms with van der Waals surface area (Å²) in [5.41, 5.74) is 3.03. The molecular formula is C19H18N4OS. The first kappa shape index (κ1) is 16.9. The number of ether oxygens (including phenoxy) is 1. The van der Waals surface area contributed by atoms with E-state index in [1.165, 1.54) is 0 Å². The second kappa shape index (κ2) is 7.72. The molecule has 0 saturated heterocycles. The number of aromatic amines is 1. The number of benzene rings is 2. The van der Waals surface area contributed by atoms with Crippen LogP contribution in [-0.2, 0) is 0 Å². The van der Waals surface area contributed by atoms with Gasteiger partial charge in [0.2, 0.25) is 4.77 Å². The lowest BCUT2D eigenvalue weighted by molar-refractivity contribution is 0.415. The second-order valence-electron chi connectivity index (χ2n) is 5.44. The average Bonchev–Trinajstić information content (AvgIpc) is 3.01. The highest BCUT2D eigenvalue weighted by molar-refractivity contribution is 7.71. The van der Waals surface area contributed by atoms with Crippen molar-refractivity contribution in [1.82, 2.24) is 14.9 Å². The minimum Gasteiger partial charge on any atom is -0.497 e. The molecule has 0 saturated carbocycles. The predicted molar refractivity (Wildman–Crippen MR) is 103 cm³/mol. The fraction of sp³-hybridized carbons (Fsp3) is 0.105. The summed E-state index contributed by atoms with van der Waals surface area (Å²) in [6.07, 6.45) is 3.82. The average molecular weight is 350 g/mol. The van der Waals surface area contributed by atoms with Crippen molar-refractivity contribution in [3.63, 3.8) is 0 Å². The first-order valence-electron chi connectivity index (χ1n) is 7.77. The maximum absolute atomic E-state index is 5.29. The number of rotatable bonds is 5. The molecule has 3 aromatic rings. The Balaban J connectivity index is 1.89. The standard InChI is InChI=1S/C19H18N4OS/c1-14(12-15-6-4-3-5-7-15)13-20-23-18(21-22-19(23)25)16-8-10-17(24-2)11-9-16/h3-13H,1-2H3,(H,22,25)/b14-12?,20-13+. The van der Waals surface area contributed by atoms with Crippen LogP contribution in [0.5, 0.6) is 5.75 Å². The molecule has 0 aliphatic carbocycles. The minimum absolute atomic E-state index is 0.439. The monoisotopic (exact) mass is 350 g/mol. The molecule has 0 spiro atoms. The summed E-state index contributed by atoms with van der Waals surface area (Å²) in [5.74, 6) is 1.44. The van der Waals surface area contributed by atoms with Gasteiger partial charge in [0, 0.05) is 5.56 Å². The molecule has 126 valence electrons. The van der Waals surface area contributed by atoms with Gasteiger partial charge in [-0.2, -0.15) is 14.9 Å². The first-order valence-corrected chi connectivity index (χ1v) is 8.18. The molecule has 0 amide bonds. The number of hydrogen-bond donors (Lipinski definition) is 1. The molecule has 25 heavy (non-hydrogen) atoms. The summed E-state index contributed by atoms with van der Waals surface area (Å²) >= 11 is 5.29. The lowest BCUT2D eigenvalue weighted by Crippen LogP contribution is -1.95. The zero-order valence-corrected chi connectivity index (χ0v) is 14.8. The van der Waals surface area contributed by atoms with Crippen LogP contribution in [0.2, 0.25) is 0 Å². The van der Waals surface area contributed by atoms with E-state index in [2.05, 4.69) is 21.4 Å². The van der Waals surface area contributed by atoms with E-state index in [9.17, 15) is 0 Å². The van der Waals surface area contributed by atoms with Crippen LogP contribution >= 0.6 is 12.2 Å². The number of aromatic nitrogens is 3. The van der Waals surface area contributed by atoms with Gasteiger partial charge in [-0.15, -0.1) is 0 Å². The third-order valence-electron chi connectivity index (χ3n) is 3.57. The van der Waals surface area contributed by atoms with Gasteiger partial charge in [-0.05, 0) is 54.5 Å². The molecule has 2 aromatic carbocycles. The molecule has 0 radical (unpaired) electrons. The van der Waals surface area contributed by atoms with E-state index in [0.29, 0.717) is 10.6 Å². The topological polar surface area (TPSA) is 55.2 Å². The van der Waals surface area contributed by atoms with Gasteiger partial charge < -0.3 is 4.74 Å². The Morgan fingerprint density at radius 2 is 1.88 bits per heavy atom. The molecule has 6 heteroatoms. The fourth-order valence-electron chi connectivity index (χ4n) is 2.32. The van der Waals surface area contributed by atoms with Crippen LogP contribution < -0.4 is 4.74 Å². The van der Waals surface area contributed by atoms with Crippen molar-refractivity contribution in [2.24, 2.45) is 5.10 Å². The molecule has 0 aliphatic heterocycles. The third kappa shape index (κ3) is 4.10. The van der Waals surface area contributed by atoms with Crippen molar-refractivity contribution >= 4 is 24.5 Å². The Labute approximate surface area is 151 Å². The number of nitrogens with zero attached hydrogens (tertiary/aromatic N) is 3. The van der Waals surface area contributed by atoms with Crippen LogP contribution in [-0.4, -0.2) is 28.2 Å². The molecule has 1 N–H and O–H groups in total. The maximum atomic E-state index is 5.29. The summed E-state index contributed by atoms with van der Waals surface area (Å²) in [6.45, 7) is 1.99. The summed E-state index contributed by atoms with van der Waals surface area (Å²) in [6, 6.07) is 17.7. The summed E-state index contributed by atoms with van der Waals surface area (Å²) in [7, 11) is 1.64. The molecule has 0 atom stereocenters. The highest BCUT2D eigenvalue weighted by atomic mass is 32.1. The largest absolute Gasteiger partial charge is 0.497 e. The summed E-state index contributed by atoms with van der Waals surface area (Å²) in [5, 5.41) is 11.5. The Morgan fingerprint density at radius 1 is 1.16 bits per heavy atom. The van der Waals surface area contributed by atoms with Crippen molar-refractivity contribution in [2.45, 2.75) is 6.92 Å². The lowest BCUT2D eigenvalue weighted by Gasteiger charge is -2.03. The second-order valence-corrected chi connectivity index (χ2v) is 5.82. The van der Waals surface area contributed by atoms with Gasteiger partial charge in [-0.25, -0.2) is 5.10 Å². The van der Waals surface area contributed by atoms with Gasteiger partial charge in [0.1, 0.15) is 5.75 Å². The van der Waals surface area contributed by atoms with Crippen molar-refractivity contribution in [3.05, 3.63) is 70.5 Å². The van der Waals surface area contributed by atoms with Gasteiger partial charge >= 0.3 is 0 Å². The van der Waals surface area contributed by atoms with Crippen molar-refractivity contribution in [3.8, 4) is 17.1 Å². The van der Waals surface area contributed by atoms with E-state index < -0.39 is 0 Å². The zero-order valence-electron chi connectivity index (χ0n) is 14.0. The molecule has 0 aliphatic rings. The van der Waals surface area contributed by atoms with Crippen molar-refractivity contribution < 1.29 is 4.74 Å². The molecule has 3 rings (SSSR count). The highest BCUT2D eigenvalue weighted by Gasteiger charge is 2.08.